The summed E-state index contributed by atoms with van der Waals surface area (Å²) in [4.78, 5) is 38.3. The van der Waals surface area contributed by atoms with Gasteiger partial charge in [-0.3, -0.25) is 14.4 Å². The zero-order valence-electron chi connectivity index (χ0n) is 50.2. The summed E-state index contributed by atoms with van der Waals surface area (Å²) < 4.78 is 16.9. The molecule has 0 saturated heterocycles. The van der Waals surface area contributed by atoms with E-state index in [1.165, 1.54) is 141 Å². The molecule has 77 heavy (non-hydrogen) atoms. The zero-order valence-corrected chi connectivity index (χ0v) is 50.2. The fourth-order valence-corrected chi connectivity index (χ4v) is 8.65. The van der Waals surface area contributed by atoms with Crippen LogP contribution in [-0.4, -0.2) is 37.2 Å². The van der Waals surface area contributed by atoms with Gasteiger partial charge in [0.05, 0.1) is 0 Å². The molecular formula is C71H118O6. The van der Waals surface area contributed by atoms with Crippen molar-refractivity contribution in [3.63, 3.8) is 0 Å². The first-order chi connectivity index (χ1) is 38.0. The molecule has 0 fully saturated rings. The van der Waals surface area contributed by atoms with Crippen LogP contribution in [0.5, 0.6) is 0 Å². The average Bonchev–Trinajstić information content (AvgIpc) is 3.43. The van der Waals surface area contributed by atoms with Crippen LogP contribution < -0.4 is 0 Å². The molecule has 0 rings (SSSR count). The molecule has 0 amide bonds. The van der Waals surface area contributed by atoms with Crippen LogP contribution in [0.1, 0.15) is 290 Å². The van der Waals surface area contributed by atoms with Gasteiger partial charge in [-0.1, -0.05) is 271 Å². The SMILES string of the molecule is CC/C=C\C/C=C\C/C=C\C/C=C\C/C=C\C/C=C\CCC(=O)OC(COC(=O)CCCCCCCC/C=C\C/C=C\C/C=C\CCCCC)COC(=O)CCCCCCCCCCC/C=C\CCCCCCCCCC. The molecule has 0 spiro atoms. The smallest absolute Gasteiger partial charge is 0.306 e. The summed E-state index contributed by atoms with van der Waals surface area (Å²) in [7, 11) is 0. The Bertz CT molecular complexity index is 1600. The largest absolute Gasteiger partial charge is 0.462 e. The first kappa shape index (κ1) is 72.8. The highest BCUT2D eigenvalue weighted by Crippen LogP contribution is 2.15. The van der Waals surface area contributed by atoms with Gasteiger partial charge in [-0.25, -0.2) is 0 Å². The lowest BCUT2D eigenvalue weighted by molar-refractivity contribution is -0.166. The maximum absolute atomic E-state index is 12.9. The van der Waals surface area contributed by atoms with Crippen LogP contribution in [-0.2, 0) is 28.6 Å². The van der Waals surface area contributed by atoms with Crippen molar-refractivity contribution < 1.29 is 28.6 Å². The van der Waals surface area contributed by atoms with E-state index in [1.54, 1.807) is 0 Å². The van der Waals surface area contributed by atoms with E-state index >= 15 is 0 Å². The van der Waals surface area contributed by atoms with E-state index in [4.69, 9.17) is 14.2 Å². The highest BCUT2D eigenvalue weighted by Gasteiger charge is 2.19. The third kappa shape index (κ3) is 62.5. The Labute approximate surface area is 475 Å². The zero-order chi connectivity index (χ0) is 55.7. The lowest BCUT2D eigenvalue weighted by Gasteiger charge is -2.18. The number of hydrogen-bond donors (Lipinski definition) is 0. The van der Waals surface area contributed by atoms with Crippen molar-refractivity contribution in [1.29, 1.82) is 0 Å². The minimum absolute atomic E-state index is 0.116. The molecule has 0 aromatic carbocycles. The average molecular weight is 1070 g/mol. The van der Waals surface area contributed by atoms with Crippen molar-refractivity contribution >= 4 is 17.9 Å². The van der Waals surface area contributed by atoms with Crippen LogP contribution >= 0.6 is 0 Å². The van der Waals surface area contributed by atoms with Crippen molar-refractivity contribution in [2.24, 2.45) is 0 Å². The fraction of sp³-hybridized carbons (Fsp3) is 0.676. The second-order valence-corrected chi connectivity index (χ2v) is 20.9. The lowest BCUT2D eigenvalue weighted by Crippen LogP contribution is -2.30. The molecule has 0 aliphatic heterocycles. The number of carbonyl (C=O) groups excluding carboxylic acids is 3. The van der Waals surface area contributed by atoms with Crippen molar-refractivity contribution in [1.82, 2.24) is 0 Å². The van der Waals surface area contributed by atoms with Crippen LogP contribution in [0.15, 0.2) is 122 Å². The van der Waals surface area contributed by atoms with E-state index in [0.717, 1.165) is 103 Å². The fourth-order valence-electron chi connectivity index (χ4n) is 8.65. The quantitative estimate of drug-likeness (QED) is 0.0261. The molecule has 0 bridgehead atoms. The van der Waals surface area contributed by atoms with Gasteiger partial charge < -0.3 is 14.2 Å². The van der Waals surface area contributed by atoms with E-state index in [0.29, 0.717) is 19.3 Å². The Hall–Kier alpha value is -4.19. The Kier molecular flexibility index (Phi) is 60.8. The van der Waals surface area contributed by atoms with E-state index < -0.39 is 12.1 Å². The van der Waals surface area contributed by atoms with Gasteiger partial charge in [0.2, 0.25) is 0 Å². The van der Waals surface area contributed by atoms with E-state index in [2.05, 4.69) is 136 Å². The number of carbonyl (C=O) groups is 3. The number of rotatable bonds is 57. The second kappa shape index (κ2) is 64.3. The van der Waals surface area contributed by atoms with E-state index in [-0.39, 0.29) is 31.6 Å². The van der Waals surface area contributed by atoms with Gasteiger partial charge in [0.25, 0.3) is 0 Å². The molecule has 0 aromatic heterocycles. The molecule has 0 aromatic rings. The van der Waals surface area contributed by atoms with Crippen LogP contribution in [0.3, 0.4) is 0 Å². The number of unbranched alkanes of at least 4 members (excludes halogenated alkanes) is 26. The monoisotopic (exact) mass is 1070 g/mol. The third-order valence-electron chi connectivity index (χ3n) is 13.4. The molecular weight excluding hydrogens is 949 g/mol. The minimum atomic E-state index is -0.830. The normalized spacial score (nSPS) is 12.9. The van der Waals surface area contributed by atoms with Gasteiger partial charge in [0.1, 0.15) is 13.2 Å². The van der Waals surface area contributed by atoms with Gasteiger partial charge >= 0.3 is 17.9 Å². The molecule has 0 aliphatic rings. The molecule has 1 unspecified atom stereocenters. The predicted molar refractivity (Wildman–Crippen MR) is 334 cm³/mol. The first-order valence-electron chi connectivity index (χ1n) is 32.0. The highest BCUT2D eigenvalue weighted by atomic mass is 16.6. The number of esters is 3. The topological polar surface area (TPSA) is 78.9 Å². The van der Waals surface area contributed by atoms with Crippen molar-refractivity contribution in [2.45, 2.75) is 297 Å². The van der Waals surface area contributed by atoms with Gasteiger partial charge in [-0.15, -0.1) is 0 Å². The molecule has 0 N–H and O–H groups in total. The summed E-state index contributed by atoms with van der Waals surface area (Å²) in [5.74, 6) is -1.01. The second-order valence-electron chi connectivity index (χ2n) is 20.9. The predicted octanol–water partition coefficient (Wildman–Crippen LogP) is 22.0. The Morgan fingerprint density at radius 2 is 0.532 bits per heavy atom. The Morgan fingerprint density at radius 3 is 0.883 bits per heavy atom. The van der Waals surface area contributed by atoms with Gasteiger partial charge in [-0.05, 0) is 122 Å². The van der Waals surface area contributed by atoms with Crippen LogP contribution in [0.25, 0.3) is 0 Å². The van der Waals surface area contributed by atoms with Crippen LogP contribution in [0, 0.1) is 0 Å². The summed E-state index contributed by atoms with van der Waals surface area (Å²) in [6.07, 6.45) is 89.2. The lowest BCUT2D eigenvalue weighted by atomic mass is 10.1. The van der Waals surface area contributed by atoms with E-state index in [1.807, 2.05) is 6.08 Å². The number of ether oxygens (including phenoxy) is 3. The summed E-state index contributed by atoms with van der Waals surface area (Å²) in [6, 6.07) is 0. The van der Waals surface area contributed by atoms with Crippen LogP contribution in [0.4, 0.5) is 0 Å². The third-order valence-corrected chi connectivity index (χ3v) is 13.4. The molecule has 0 saturated carbocycles. The Balaban J connectivity index is 4.51. The summed E-state index contributed by atoms with van der Waals surface area (Å²) in [6.45, 7) is 6.44. The van der Waals surface area contributed by atoms with E-state index in [9.17, 15) is 14.4 Å². The molecule has 0 heterocycles. The summed E-state index contributed by atoms with van der Waals surface area (Å²) in [5.41, 5.74) is 0. The molecule has 0 aliphatic carbocycles. The van der Waals surface area contributed by atoms with Crippen LogP contribution in [0.2, 0.25) is 0 Å². The van der Waals surface area contributed by atoms with Crippen molar-refractivity contribution in [3.05, 3.63) is 122 Å². The number of allylic oxidation sites excluding steroid dienone is 20. The van der Waals surface area contributed by atoms with Gasteiger partial charge in [0, 0.05) is 19.3 Å². The summed E-state index contributed by atoms with van der Waals surface area (Å²) in [5, 5.41) is 0. The van der Waals surface area contributed by atoms with Crippen molar-refractivity contribution in [2.75, 3.05) is 13.2 Å². The van der Waals surface area contributed by atoms with Crippen molar-refractivity contribution in [3.8, 4) is 0 Å². The molecule has 6 heteroatoms. The van der Waals surface area contributed by atoms with Gasteiger partial charge in [0.15, 0.2) is 6.10 Å². The maximum Gasteiger partial charge on any atom is 0.306 e. The minimum Gasteiger partial charge on any atom is -0.462 e. The molecule has 438 valence electrons. The maximum atomic E-state index is 12.9. The molecule has 0 radical (unpaired) electrons. The molecule has 1 atom stereocenters. The standard InChI is InChI=1S/C71H118O6/c1-4-7-10-13-16-19-22-25-28-31-34-35-38-40-43-46-49-52-55-58-61-64-70(73)76-67-68(77-71(74)65-62-59-56-53-50-47-44-41-37-33-30-27-24-21-18-15-12-9-6-3)66-75-69(72)63-60-57-54-51-48-45-42-39-36-32-29-26-23-20-17-14-11-8-5-2/h9,12,17-18,20-21,26-27,29-31,34,36-37,39,41,47,50,56,59,68H,4-8,10-11,13-16,19,22-25,28,32-33,35,38,40,42-46,48-49,51-55,57-58,60-67H2,1-3H3/b12-9-,20-17-,21-18-,29-26-,30-27-,34-31-,39-36-,41-37-,50-47-,59-56-. The molecule has 6 nitrogen and oxygen atoms in total. The Morgan fingerprint density at radius 1 is 0.273 bits per heavy atom. The first-order valence-corrected chi connectivity index (χ1v) is 32.0. The summed E-state index contributed by atoms with van der Waals surface area (Å²) >= 11 is 0. The number of hydrogen-bond acceptors (Lipinski definition) is 6. The van der Waals surface area contributed by atoms with Gasteiger partial charge in [-0.2, -0.15) is 0 Å². The highest BCUT2D eigenvalue weighted by molar-refractivity contribution is 5.71.